The Morgan fingerprint density at radius 2 is 1.81 bits per heavy atom. The van der Waals surface area contributed by atoms with Crippen molar-refractivity contribution in [2.45, 2.75) is 31.5 Å². The molecule has 0 aliphatic rings. The summed E-state index contributed by atoms with van der Waals surface area (Å²) in [5.74, 6) is -2.75. The van der Waals surface area contributed by atoms with E-state index in [4.69, 9.17) is 10.8 Å². The molecule has 0 spiro atoms. The van der Waals surface area contributed by atoms with Crippen molar-refractivity contribution < 1.29 is 24.6 Å². The minimum absolute atomic E-state index is 0.0374. The molecule has 0 radical (unpaired) electrons. The molecule has 0 saturated heterocycles. The highest BCUT2D eigenvalue weighted by Crippen LogP contribution is 2.04. The molecule has 0 aliphatic heterocycles. The zero-order valence-electron chi connectivity index (χ0n) is 13.9. The van der Waals surface area contributed by atoms with Gasteiger partial charge in [-0.3, -0.25) is 9.59 Å². The van der Waals surface area contributed by atoms with E-state index in [1.807, 2.05) is 6.07 Å². The normalized spacial score (nSPS) is 13.0. The second kappa shape index (κ2) is 8.77. The number of benzene rings is 1. The molecule has 1 amide bonds. The van der Waals surface area contributed by atoms with Crippen LogP contribution in [0.5, 0.6) is 0 Å². The van der Waals surface area contributed by atoms with E-state index in [9.17, 15) is 19.5 Å². The number of carboxylic acids is 2. The number of aliphatic carboxylic acids is 2. The molecule has 0 bridgehead atoms. The van der Waals surface area contributed by atoms with E-state index < -0.39 is 29.9 Å². The third kappa shape index (κ3) is 5.71. The van der Waals surface area contributed by atoms with Gasteiger partial charge in [-0.1, -0.05) is 30.3 Å². The molecule has 138 valence electrons. The second-order valence-electron chi connectivity index (χ2n) is 5.83. The lowest BCUT2D eigenvalue weighted by atomic mass is 10.1. The van der Waals surface area contributed by atoms with Gasteiger partial charge in [0, 0.05) is 19.0 Å². The number of rotatable bonds is 9. The Labute approximate surface area is 149 Å². The average molecular weight is 360 g/mol. The number of carboxylic acid groups (broad SMARTS) is 2. The summed E-state index contributed by atoms with van der Waals surface area (Å²) in [5.41, 5.74) is 6.67. The molecule has 0 saturated carbocycles. The van der Waals surface area contributed by atoms with E-state index in [0.717, 1.165) is 5.56 Å². The van der Waals surface area contributed by atoms with Crippen molar-refractivity contribution in [1.29, 1.82) is 0 Å². The van der Waals surface area contributed by atoms with Gasteiger partial charge in [0.1, 0.15) is 18.6 Å². The van der Waals surface area contributed by atoms with Crippen LogP contribution in [-0.2, 0) is 33.8 Å². The van der Waals surface area contributed by atoms with Gasteiger partial charge in [-0.2, -0.15) is 0 Å². The molecule has 1 heterocycles. The highest BCUT2D eigenvalue weighted by Gasteiger charge is 2.21. The largest absolute Gasteiger partial charge is 0.480 e. The number of hydrogen-bond donors (Lipinski definition) is 4. The molecule has 0 fully saturated rings. The van der Waals surface area contributed by atoms with Gasteiger partial charge >= 0.3 is 11.9 Å². The van der Waals surface area contributed by atoms with E-state index in [-0.39, 0.29) is 19.4 Å². The standard InChI is InChI=1S/C17H20N4O5/c18-13(16(23)24)7-12-8-21(10-19-12)9-15(22)20-14(17(25)26)6-11-4-2-1-3-5-11/h1-5,8,10,13-14H,6-7,9,18H2,(H,20,22)(H,23,24)(H,25,26). The Hall–Kier alpha value is -3.20. The summed E-state index contributed by atoms with van der Waals surface area (Å²) in [6, 6.07) is 6.87. The summed E-state index contributed by atoms with van der Waals surface area (Å²) < 4.78 is 1.45. The van der Waals surface area contributed by atoms with Crippen molar-refractivity contribution in [3.8, 4) is 0 Å². The predicted octanol–water partition coefficient (Wildman–Crippen LogP) is -0.350. The zero-order valence-corrected chi connectivity index (χ0v) is 13.9. The summed E-state index contributed by atoms with van der Waals surface area (Å²) in [7, 11) is 0. The Morgan fingerprint density at radius 3 is 2.42 bits per heavy atom. The quantitative estimate of drug-likeness (QED) is 0.478. The van der Waals surface area contributed by atoms with Crippen molar-refractivity contribution in [3.63, 3.8) is 0 Å². The van der Waals surface area contributed by atoms with Gasteiger partial charge in [-0.05, 0) is 5.56 Å². The maximum absolute atomic E-state index is 12.1. The molecule has 2 aromatic rings. The maximum Gasteiger partial charge on any atom is 0.326 e. The summed E-state index contributed by atoms with van der Waals surface area (Å²) in [6.07, 6.45) is 3.09. The smallest absolute Gasteiger partial charge is 0.326 e. The molecule has 1 aromatic carbocycles. The zero-order chi connectivity index (χ0) is 19.1. The molecule has 2 unspecified atom stereocenters. The number of nitrogens with zero attached hydrogens (tertiary/aromatic N) is 2. The maximum atomic E-state index is 12.1. The average Bonchev–Trinajstić information content (AvgIpc) is 3.01. The lowest BCUT2D eigenvalue weighted by Gasteiger charge is -2.14. The number of hydrogen-bond acceptors (Lipinski definition) is 5. The molecule has 9 heteroatoms. The van der Waals surface area contributed by atoms with Crippen molar-refractivity contribution in [2.24, 2.45) is 5.73 Å². The summed E-state index contributed by atoms with van der Waals surface area (Å²) in [6.45, 7) is -0.131. The number of nitrogens with two attached hydrogens (primary N) is 1. The second-order valence-corrected chi connectivity index (χ2v) is 5.83. The van der Waals surface area contributed by atoms with Gasteiger partial charge in [0.25, 0.3) is 0 Å². The number of imidazole rings is 1. The molecule has 2 rings (SSSR count). The molecule has 1 aromatic heterocycles. The highest BCUT2D eigenvalue weighted by molar-refractivity contribution is 5.83. The molecule has 2 atom stereocenters. The first kappa shape index (κ1) is 19.1. The van der Waals surface area contributed by atoms with Crippen molar-refractivity contribution in [2.75, 3.05) is 0 Å². The molecular weight excluding hydrogens is 340 g/mol. The van der Waals surface area contributed by atoms with Crippen LogP contribution >= 0.6 is 0 Å². The van der Waals surface area contributed by atoms with E-state index in [2.05, 4.69) is 10.3 Å². The van der Waals surface area contributed by atoms with Crippen LogP contribution in [0.2, 0.25) is 0 Å². The molecule has 0 aliphatic carbocycles. The fourth-order valence-electron chi connectivity index (χ4n) is 2.37. The van der Waals surface area contributed by atoms with Crippen LogP contribution in [0, 0.1) is 0 Å². The summed E-state index contributed by atoms with van der Waals surface area (Å²) >= 11 is 0. The number of amides is 1. The molecular formula is C17H20N4O5. The van der Waals surface area contributed by atoms with E-state index >= 15 is 0 Å². The Bertz CT molecular complexity index is 774. The number of nitrogens with one attached hydrogen (secondary N) is 1. The lowest BCUT2D eigenvalue weighted by Crippen LogP contribution is -2.43. The fourth-order valence-corrected chi connectivity index (χ4v) is 2.37. The van der Waals surface area contributed by atoms with Crippen LogP contribution in [0.15, 0.2) is 42.9 Å². The number of carbonyl (C=O) groups is 3. The van der Waals surface area contributed by atoms with Gasteiger partial charge < -0.3 is 25.8 Å². The minimum atomic E-state index is -1.14. The van der Waals surface area contributed by atoms with Crippen molar-refractivity contribution in [1.82, 2.24) is 14.9 Å². The SMILES string of the molecule is NC(Cc1cn(CC(=O)NC(Cc2ccccc2)C(=O)O)cn1)C(=O)O. The van der Waals surface area contributed by atoms with Gasteiger partial charge in [-0.25, -0.2) is 9.78 Å². The van der Waals surface area contributed by atoms with Crippen LogP contribution in [0.1, 0.15) is 11.3 Å². The van der Waals surface area contributed by atoms with Crippen LogP contribution in [0.25, 0.3) is 0 Å². The monoisotopic (exact) mass is 360 g/mol. The highest BCUT2D eigenvalue weighted by atomic mass is 16.4. The van der Waals surface area contributed by atoms with E-state index in [1.54, 1.807) is 24.3 Å². The fraction of sp³-hybridized carbons (Fsp3) is 0.294. The van der Waals surface area contributed by atoms with Gasteiger partial charge in [0.05, 0.1) is 12.0 Å². The van der Waals surface area contributed by atoms with Crippen LogP contribution < -0.4 is 11.1 Å². The van der Waals surface area contributed by atoms with Crippen LogP contribution in [-0.4, -0.2) is 49.7 Å². The molecule has 5 N–H and O–H groups in total. The lowest BCUT2D eigenvalue weighted by molar-refractivity contribution is -0.142. The first-order chi connectivity index (χ1) is 12.3. The Balaban J connectivity index is 1.93. The van der Waals surface area contributed by atoms with E-state index in [0.29, 0.717) is 5.69 Å². The first-order valence-electron chi connectivity index (χ1n) is 7.90. The van der Waals surface area contributed by atoms with Gasteiger partial charge in [0.2, 0.25) is 5.91 Å². The Kier molecular flexibility index (Phi) is 6.45. The third-order valence-corrected chi connectivity index (χ3v) is 3.68. The molecule has 9 nitrogen and oxygen atoms in total. The third-order valence-electron chi connectivity index (χ3n) is 3.68. The van der Waals surface area contributed by atoms with E-state index in [1.165, 1.54) is 17.1 Å². The number of carbonyl (C=O) groups excluding carboxylic acids is 1. The minimum Gasteiger partial charge on any atom is -0.480 e. The topological polar surface area (TPSA) is 148 Å². The summed E-state index contributed by atoms with van der Waals surface area (Å²) in [4.78, 5) is 38.2. The molecule has 26 heavy (non-hydrogen) atoms. The van der Waals surface area contributed by atoms with Crippen molar-refractivity contribution in [3.05, 3.63) is 54.1 Å². The summed E-state index contributed by atoms with van der Waals surface area (Å²) in [5, 5.41) is 20.6. The van der Waals surface area contributed by atoms with Gasteiger partial charge in [0.15, 0.2) is 0 Å². The number of aromatic nitrogens is 2. The van der Waals surface area contributed by atoms with Crippen LogP contribution in [0.3, 0.4) is 0 Å². The predicted molar refractivity (Wildman–Crippen MR) is 91.3 cm³/mol. The van der Waals surface area contributed by atoms with Gasteiger partial charge in [-0.15, -0.1) is 0 Å². The van der Waals surface area contributed by atoms with Crippen molar-refractivity contribution >= 4 is 17.8 Å². The first-order valence-corrected chi connectivity index (χ1v) is 7.90. The van der Waals surface area contributed by atoms with Crippen LogP contribution in [0.4, 0.5) is 0 Å². The Morgan fingerprint density at radius 1 is 1.12 bits per heavy atom.